The lowest BCUT2D eigenvalue weighted by molar-refractivity contribution is 1.22. The lowest BCUT2D eigenvalue weighted by Crippen LogP contribution is -1.97. The van der Waals surface area contributed by atoms with Gasteiger partial charge in [0.05, 0.1) is 22.4 Å². The minimum Gasteiger partial charge on any atom is -0.228 e. The summed E-state index contributed by atoms with van der Waals surface area (Å²) >= 11 is 0. The van der Waals surface area contributed by atoms with Crippen LogP contribution in [-0.4, -0.2) is 19.9 Å². The van der Waals surface area contributed by atoms with Gasteiger partial charge in [0.15, 0.2) is 11.6 Å². The van der Waals surface area contributed by atoms with Crippen LogP contribution in [0.2, 0.25) is 0 Å². The number of benzene rings is 11. The molecule has 306 valence electrons. The second kappa shape index (κ2) is 15.4. The summed E-state index contributed by atoms with van der Waals surface area (Å²) in [5.41, 5.74) is 12.2. The van der Waals surface area contributed by atoms with Crippen LogP contribution in [0.1, 0.15) is 0 Å². The number of rotatable bonds is 6. The summed E-state index contributed by atoms with van der Waals surface area (Å²) in [5.74, 6) is 1.34. The maximum Gasteiger partial charge on any atom is 0.160 e. The highest BCUT2D eigenvalue weighted by Crippen LogP contribution is 2.36. The molecule has 4 nitrogen and oxygen atoms in total. The molecule has 0 unspecified atom stereocenters. The molecule has 0 N–H and O–H groups in total. The van der Waals surface area contributed by atoms with E-state index in [1.807, 2.05) is 12.1 Å². The molecule has 2 heterocycles. The first-order chi connectivity index (χ1) is 32.7. The van der Waals surface area contributed by atoms with Gasteiger partial charge in [-0.15, -0.1) is 0 Å². The van der Waals surface area contributed by atoms with E-state index in [4.69, 9.17) is 19.9 Å². The highest BCUT2D eigenvalue weighted by molar-refractivity contribution is 6.09. The van der Waals surface area contributed by atoms with Crippen LogP contribution in [0.4, 0.5) is 0 Å². The lowest BCUT2D eigenvalue weighted by atomic mass is 9.96. The van der Waals surface area contributed by atoms with Crippen molar-refractivity contribution < 1.29 is 0 Å². The van der Waals surface area contributed by atoms with E-state index in [2.05, 4.69) is 218 Å². The average molecular weight is 839 g/mol. The molecule has 0 fully saturated rings. The molecule has 0 saturated carbocycles. The largest absolute Gasteiger partial charge is 0.228 e. The van der Waals surface area contributed by atoms with E-state index in [0.717, 1.165) is 66.6 Å². The Hall–Kier alpha value is -8.86. The van der Waals surface area contributed by atoms with Crippen LogP contribution in [0, 0.1) is 0 Å². The van der Waals surface area contributed by atoms with Crippen molar-refractivity contribution in [1.29, 1.82) is 0 Å². The van der Waals surface area contributed by atoms with E-state index >= 15 is 0 Å². The molecule has 0 bridgehead atoms. The SMILES string of the molecule is c1ccc2c(c1)ccc1cc(-c3ccc(-c4nc(-c5ccc(-c6nc(-c7ccc(-c8ccc9c(ccc%10ccccc%109)c8)cc7)c7ccccc7n6)cc5)nc5ccccc45)cc3)ccc12. The molecule has 0 atom stereocenters. The summed E-state index contributed by atoms with van der Waals surface area (Å²) in [5, 5.41) is 12.1. The molecular formula is C62H38N4. The summed E-state index contributed by atoms with van der Waals surface area (Å²) in [6.45, 7) is 0. The predicted octanol–water partition coefficient (Wildman–Crippen LogP) is 16.2. The summed E-state index contributed by atoms with van der Waals surface area (Å²) < 4.78 is 0. The number of nitrogens with zero attached hydrogens (tertiary/aromatic N) is 4. The van der Waals surface area contributed by atoms with Crippen molar-refractivity contribution in [3.63, 3.8) is 0 Å². The maximum atomic E-state index is 5.22. The normalized spacial score (nSPS) is 11.6. The quantitative estimate of drug-likeness (QED) is 0.157. The van der Waals surface area contributed by atoms with E-state index in [1.54, 1.807) is 0 Å². The molecule has 0 aliphatic carbocycles. The van der Waals surface area contributed by atoms with Crippen LogP contribution in [-0.2, 0) is 0 Å². The number of hydrogen-bond donors (Lipinski definition) is 0. The predicted molar refractivity (Wildman–Crippen MR) is 275 cm³/mol. The highest BCUT2D eigenvalue weighted by atomic mass is 14.9. The van der Waals surface area contributed by atoms with Crippen molar-refractivity contribution in [1.82, 2.24) is 19.9 Å². The van der Waals surface area contributed by atoms with Crippen molar-refractivity contribution in [2.45, 2.75) is 0 Å². The van der Waals surface area contributed by atoms with Gasteiger partial charge in [0, 0.05) is 33.0 Å². The Morgan fingerprint density at radius 3 is 0.955 bits per heavy atom. The zero-order chi connectivity index (χ0) is 43.6. The number of hydrogen-bond acceptors (Lipinski definition) is 4. The molecule has 13 aromatic rings. The third-order valence-corrected chi connectivity index (χ3v) is 13.1. The van der Waals surface area contributed by atoms with Gasteiger partial charge >= 0.3 is 0 Å². The first kappa shape index (κ1) is 37.7. The van der Waals surface area contributed by atoms with E-state index in [9.17, 15) is 0 Å². The fraction of sp³-hybridized carbons (Fsp3) is 0. The first-order valence-corrected chi connectivity index (χ1v) is 22.4. The molecule has 13 rings (SSSR count). The molecule has 2 aromatic heterocycles. The van der Waals surface area contributed by atoms with Gasteiger partial charge in [-0.3, -0.25) is 0 Å². The maximum absolute atomic E-state index is 5.22. The summed E-state index contributed by atoms with van der Waals surface area (Å²) in [6.07, 6.45) is 0. The van der Waals surface area contributed by atoms with Gasteiger partial charge in [0.25, 0.3) is 0 Å². The number of fused-ring (bicyclic) bond motifs is 8. The standard InChI is InChI=1S/C62H38N4/c1-3-11-51-41(9-1)21-31-49-37-47(33-35-53(49)51)39-17-23-43(24-18-39)59-55-13-5-7-15-57(55)63-61(65-59)45-27-29-46(30-28-45)62-64-58-16-8-6-14-56(58)60(66-62)44-25-19-40(20-26-44)48-34-36-54-50(38-48)32-22-42-10-2-4-12-52(42)54/h1-38H. The van der Waals surface area contributed by atoms with Gasteiger partial charge in [-0.05, 0) is 89.6 Å². The summed E-state index contributed by atoms with van der Waals surface area (Å²) in [6, 6.07) is 81.8. The van der Waals surface area contributed by atoms with Gasteiger partial charge in [0.1, 0.15) is 0 Å². The number of aromatic nitrogens is 4. The van der Waals surface area contributed by atoms with Gasteiger partial charge in [0.2, 0.25) is 0 Å². The minimum atomic E-state index is 0.668. The molecule has 0 spiro atoms. The Labute approximate surface area is 381 Å². The molecule has 0 saturated heterocycles. The van der Waals surface area contributed by atoms with E-state index in [-0.39, 0.29) is 0 Å². The highest BCUT2D eigenvalue weighted by Gasteiger charge is 2.16. The molecule has 66 heavy (non-hydrogen) atoms. The van der Waals surface area contributed by atoms with Crippen LogP contribution in [0.15, 0.2) is 231 Å². The zero-order valence-electron chi connectivity index (χ0n) is 35.7. The third kappa shape index (κ3) is 6.55. The van der Waals surface area contributed by atoms with Crippen LogP contribution in [0.5, 0.6) is 0 Å². The Morgan fingerprint density at radius 2 is 0.515 bits per heavy atom. The molecule has 0 radical (unpaired) electrons. The molecule has 0 amide bonds. The third-order valence-electron chi connectivity index (χ3n) is 13.1. The first-order valence-electron chi connectivity index (χ1n) is 22.4. The second-order valence-corrected chi connectivity index (χ2v) is 17.0. The van der Waals surface area contributed by atoms with Crippen molar-refractivity contribution in [2.75, 3.05) is 0 Å². The molecule has 0 aliphatic heterocycles. The molecule has 11 aromatic carbocycles. The van der Waals surface area contributed by atoms with Crippen LogP contribution in [0.25, 0.3) is 132 Å². The van der Waals surface area contributed by atoms with Crippen molar-refractivity contribution in [2.24, 2.45) is 0 Å². The van der Waals surface area contributed by atoms with E-state index in [0.29, 0.717) is 11.6 Å². The fourth-order valence-electron chi connectivity index (χ4n) is 9.65. The summed E-state index contributed by atoms with van der Waals surface area (Å²) in [4.78, 5) is 20.6. The zero-order valence-corrected chi connectivity index (χ0v) is 35.7. The Morgan fingerprint density at radius 1 is 0.197 bits per heavy atom. The van der Waals surface area contributed by atoms with E-state index in [1.165, 1.54) is 54.2 Å². The lowest BCUT2D eigenvalue weighted by Gasteiger charge is -2.12. The van der Waals surface area contributed by atoms with Crippen molar-refractivity contribution >= 4 is 64.9 Å². The van der Waals surface area contributed by atoms with Gasteiger partial charge in [-0.25, -0.2) is 19.9 Å². The van der Waals surface area contributed by atoms with Gasteiger partial charge in [-0.2, -0.15) is 0 Å². The number of para-hydroxylation sites is 2. The monoisotopic (exact) mass is 838 g/mol. The Kier molecular flexibility index (Phi) is 8.81. The topological polar surface area (TPSA) is 51.6 Å². The van der Waals surface area contributed by atoms with Gasteiger partial charge < -0.3 is 0 Å². The van der Waals surface area contributed by atoms with Crippen molar-refractivity contribution in [3.05, 3.63) is 231 Å². The fourth-order valence-corrected chi connectivity index (χ4v) is 9.65. The van der Waals surface area contributed by atoms with Crippen LogP contribution in [0.3, 0.4) is 0 Å². The Balaban J connectivity index is 0.810. The summed E-state index contributed by atoms with van der Waals surface area (Å²) in [7, 11) is 0. The Bertz CT molecular complexity index is 3760. The smallest absolute Gasteiger partial charge is 0.160 e. The molecule has 4 heteroatoms. The van der Waals surface area contributed by atoms with Gasteiger partial charge in [-0.1, -0.05) is 206 Å². The average Bonchev–Trinajstić information content (AvgIpc) is 3.40. The second-order valence-electron chi connectivity index (χ2n) is 17.0. The molecule has 0 aliphatic rings. The molecular weight excluding hydrogens is 801 g/mol. The minimum absolute atomic E-state index is 0.668. The van der Waals surface area contributed by atoms with Crippen LogP contribution >= 0.6 is 0 Å². The van der Waals surface area contributed by atoms with Crippen LogP contribution < -0.4 is 0 Å². The van der Waals surface area contributed by atoms with E-state index < -0.39 is 0 Å². The van der Waals surface area contributed by atoms with Crippen molar-refractivity contribution in [3.8, 4) is 67.5 Å².